The van der Waals surface area contributed by atoms with Gasteiger partial charge in [0, 0.05) is 0 Å². The van der Waals surface area contributed by atoms with Crippen LogP contribution in [0.25, 0.3) is 0 Å². The predicted molar refractivity (Wildman–Crippen MR) is 55.1 cm³/mol. The second-order valence-corrected chi connectivity index (χ2v) is 3.69. The van der Waals surface area contributed by atoms with Crippen LogP contribution in [-0.4, -0.2) is 11.2 Å². The molecule has 0 bridgehead atoms. The Balaban J connectivity index is 3.07. The van der Waals surface area contributed by atoms with Crippen LogP contribution in [0, 0.1) is 0 Å². The molecule has 0 aromatic heterocycles. The minimum absolute atomic E-state index is 0.414. The van der Waals surface area contributed by atoms with E-state index in [0.29, 0.717) is 15.6 Å². The van der Waals surface area contributed by atoms with Crippen LogP contribution in [0.1, 0.15) is 18.5 Å². The molecule has 0 fully saturated rings. The maximum absolute atomic E-state index is 9.26. The fourth-order valence-corrected chi connectivity index (χ4v) is 1.47. The summed E-state index contributed by atoms with van der Waals surface area (Å²) in [6, 6.07) is 4.70. The summed E-state index contributed by atoms with van der Waals surface area (Å²) < 4.78 is 0. The average Bonchev–Trinajstić information content (AvgIpc) is 2.08. The fourth-order valence-electron chi connectivity index (χ4n) is 1.04. The summed E-state index contributed by atoms with van der Waals surface area (Å²) in [5.74, 6) is 0. The number of halogens is 2. The number of rotatable bonds is 2. The third kappa shape index (κ3) is 2.35. The van der Waals surface area contributed by atoms with E-state index in [9.17, 15) is 5.11 Å². The molecule has 0 saturated carbocycles. The second-order valence-electron chi connectivity index (χ2n) is 2.91. The van der Waals surface area contributed by atoms with Crippen LogP contribution in [0.5, 0.6) is 0 Å². The molecule has 1 rings (SSSR count). The van der Waals surface area contributed by atoms with E-state index in [-0.39, 0.29) is 0 Å². The van der Waals surface area contributed by atoms with Crippen LogP contribution in [-0.2, 0) is 0 Å². The molecule has 4 heteroatoms. The summed E-state index contributed by atoms with van der Waals surface area (Å²) in [5, 5.41) is 10.1. The van der Waals surface area contributed by atoms with Crippen molar-refractivity contribution in [2.45, 2.75) is 19.1 Å². The number of benzene rings is 1. The van der Waals surface area contributed by atoms with Gasteiger partial charge >= 0.3 is 0 Å². The number of hydrogen-bond donors (Lipinski definition) is 2. The van der Waals surface area contributed by atoms with Crippen LogP contribution >= 0.6 is 23.2 Å². The summed E-state index contributed by atoms with van der Waals surface area (Å²) in [7, 11) is 0. The monoisotopic (exact) mass is 219 g/mol. The quantitative estimate of drug-likeness (QED) is 0.803. The summed E-state index contributed by atoms with van der Waals surface area (Å²) >= 11 is 11.7. The zero-order valence-electron chi connectivity index (χ0n) is 7.17. The molecule has 1 aromatic rings. The van der Waals surface area contributed by atoms with Crippen LogP contribution in [0.2, 0.25) is 10.0 Å². The van der Waals surface area contributed by atoms with Crippen molar-refractivity contribution in [3.8, 4) is 0 Å². The third-order valence-corrected chi connectivity index (χ3v) is 2.69. The number of aliphatic hydroxyl groups is 1. The summed E-state index contributed by atoms with van der Waals surface area (Å²) in [5.41, 5.74) is 6.38. The van der Waals surface area contributed by atoms with Crippen molar-refractivity contribution in [2.75, 3.05) is 0 Å². The van der Waals surface area contributed by atoms with Gasteiger partial charge in [0.2, 0.25) is 0 Å². The van der Waals surface area contributed by atoms with Crippen molar-refractivity contribution >= 4 is 23.2 Å². The lowest BCUT2D eigenvalue weighted by Crippen LogP contribution is -2.23. The third-order valence-electron chi connectivity index (χ3n) is 1.86. The Bertz CT molecular complexity index is 302. The molecule has 0 aliphatic rings. The Morgan fingerprint density at radius 2 is 2.00 bits per heavy atom. The molecule has 0 amide bonds. The van der Waals surface area contributed by atoms with Crippen molar-refractivity contribution < 1.29 is 5.11 Å². The van der Waals surface area contributed by atoms with E-state index in [1.807, 2.05) is 0 Å². The Kier molecular flexibility index (Phi) is 3.56. The molecule has 2 atom stereocenters. The highest BCUT2D eigenvalue weighted by Gasteiger charge is 2.16. The average molecular weight is 220 g/mol. The summed E-state index contributed by atoms with van der Waals surface area (Å²) in [6.07, 6.45) is -0.643. The molecule has 0 saturated heterocycles. The molecular formula is C9H11Cl2NO. The first-order valence-corrected chi connectivity index (χ1v) is 4.67. The number of nitrogens with two attached hydrogens (primary N) is 1. The van der Waals surface area contributed by atoms with Crippen LogP contribution in [0.4, 0.5) is 0 Å². The van der Waals surface area contributed by atoms with Crippen molar-refractivity contribution in [3.63, 3.8) is 0 Å². The van der Waals surface area contributed by atoms with Crippen molar-refractivity contribution in [1.29, 1.82) is 0 Å². The van der Waals surface area contributed by atoms with Crippen LogP contribution in [0.3, 0.4) is 0 Å². The lowest BCUT2D eigenvalue weighted by molar-refractivity contribution is 0.164. The molecule has 72 valence electrons. The van der Waals surface area contributed by atoms with Crippen LogP contribution < -0.4 is 5.73 Å². The summed E-state index contributed by atoms with van der Waals surface area (Å²) in [4.78, 5) is 0. The molecule has 0 heterocycles. The van der Waals surface area contributed by atoms with Crippen molar-refractivity contribution in [2.24, 2.45) is 5.73 Å². The van der Waals surface area contributed by atoms with E-state index >= 15 is 0 Å². The van der Waals surface area contributed by atoms with Gasteiger partial charge < -0.3 is 10.8 Å². The van der Waals surface area contributed by atoms with Gasteiger partial charge in [-0.05, 0) is 18.6 Å². The van der Waals surface area contributed by atoms with Gasteiger partial charge in [0.25, 0.3) is 0 Å². The molecule has 13 heavy (non-hydrogen) atoms. The lowest BCUT2D eigenvalue weighted by atomic mass is 10.0. The Morgan fingerprint density at radius 1 is 1.38 bits per heavy atom. The SMILES string of the molecule is CC(O)C(N)c1cccc(Cl)c1Cl. The smallest absolute Gasteiger partial charge is 0.0705 e. The molecule has 0 aliphatic heterocycles. The van der Waals surface area contributed by atoms with E-state index in [0.717, 1.165) is 0 Å². The molecule has 0 radical (unpaired) electrons. The maximum Gasteiger partial charge on any atom is 0.0705 e. The maximum atomic E-state index is 9.26. The van der Waals surface area contributed by atoms with Crippen molar-refractivity contribution in [3.05, 3.63) is 33.8 Å². The highest BCUT2D eigenvalue weighted by Crippen LogP contribution is 2.29. The van der Waals surface area contributed by atoms with Gasteiger partial charge in [0.15, 0.2) is 0 Å². The number of hydrogen-bond acceptors (Lipinski definition) is 2. The van der Waals surface area contributed by atoms with E-state index in [1.54, 1.807) is 25.1 Å². The molecular weight excluding hydrogens is 209 g/mol. The highest BCUT2D eigenvalue weighted by molar-refractivity contribution is 6.42. The lowest BCUT2D eigenvalue weighted by Gasteiger charge is -2.16. The van der Waals surface area contributed by atoms with E-state index in [4.69, 9.17) is 28.9 Å². The Morgan fingerprint density at radius 3 is 2.54 bits per heavy atom. The Labute approximate surface area is 87.3 Å². The van der Waals surface area contributed by atoms with Crippen LogP contribution in [0.15, 0.2) is 18.2 Å². The zero-order valence-corrected chi connectivity index (χ0v) is 8.68. The van der Waals surface area contributed by atoms with Gasteiger partial charge in [-0.3, -0.25) is 0 Å². The molecule has 1 aromatic carbocycles. The minimum atomic E-state index is -0.643. The number of aliphatic hydroxyl groups excluding tert-OH is 1. The van der Waals surface area contributed by atoms with Gasteiger partial charge in [-0.2, -0.15) is 0 Å². The minimum Gasteiger partial charge on any atom is -0.391 e. The largest absolute Gasteiger partial charge is 0.391 e. The Hall–Kier alpha value is -0.280. The molecule has 2 nitrogen and oxygen atoms in total. The van der Waals surface area contributed by atoms with E-state index < -0.39 is 12.1 Å². The molecule has 2 unspecified atom stereocenters. The standard InChI is InChI=1S/C9H11Cl2NO/c1-5(13)9(12)6-3-2-4-7(10)8(6)11/h2-5,9,13H,12H2,1H3. The topological polar surface area (TPSA) is 46.2 Å². The molecule has 0 spiro atoms. The van der Waals surface area contributed by atoms with Gasteiger partial charge in [-0.1, -0.05) is 35.3 Å². The highest BCUT2D eigenvalue weighted by atomic mass is 35.5. The second kappa shape index (κ2) is 4.29. The van der Waals surface area contributed by atoms with Gasteiger partial charge in [0.1, 0.15) is 0 Å². The van der Waals surface area contributed by atoms with Gasteiger partial charge in [0.05, 0.1) is 22.2 Å². The van der Waals surface area contributed by atoms with E-state index in [1.165, 1.54) is 0 Å². The van der Waals surface area contributed by atoms with Crippen molar-refractivity contribution in [1.82, 2.24) is 0 Å². The molecule has 3 N–H and O–H groups in total. The van der Waals surface area contributed by atoms with E-state index in [2.05, 4.69) is 0 Å². The molecule has 0 aliphatic carbocycles. The predicted octanol–water partition coefficient (Wildman–Crippen LogP) is 2.37. The summed E-state index contributed by atoms with van der Waals surface area (Å²) in [6.45, 7) is 1.61. The first kappa shape index (κ1) is 10.8. The van der Waals surface area contributed by atoms with Gasteiger partial charge in [-0.15, -0.1) is 0 Å². The zero-order chi connectivity index (χ0) is 10.0. The normalized spacial score (nSPS) is 15.5. The fraction of sp³-hybridized carbons (Fsp3) is 0.333. The van der Waals surface area contributed by atoms with Gasteiger partial charge in [-0.25, -0.2) is 0 Å². The first-order valence-electron chi connectivity index (χ1n) is 3.91. The first-order chi connectivity index (χ1) is 6.04.